The van der Waals surface area contributed by atoms with Crippen molar-refractivity contribution in [1.29, 1.82) is 0 Å². The molecule has 1 unspecified atom stereocenters. The van der Waals surface area contributed by atoms with E-state index in [1.54, 1.807) is 0 Å². The first kappa shape index (κ1) is 18.0. The lowest BCUT2D eigenvalue weighted by molar-refractivity contribution is -0.117. The van der Waals surface area contributed by atoms with Crippen LogP contribution >= 0.6 is 0 Å². The lowest BCUT2D eigenvalue weighted by Crippen LogP contribution is -2.20. The smallest absolute Gasteiger partial charge is 0.231 e. The number of imidazole rings is 1. The Kier molecular flexibility index (Phi) is 4.94. The molecular weight excluding hydrogens is 346 g/mol. The Morgan fingerprint density at radius 3 is 2.54 bits per heavy atom. The maximum Gasteiger partial charge on any atom is 0.231 e. The minimum Gasteiger partial charge on any atom is -0.326 e. The molecule has 2 heterocycles. The van der Waals surface area contributed by atoms with Crippen molar-refractivity contribution in [1.82, 2.24) is 9.38 Å². The zero-order chi connectivity index (χ0) is 19.5. The highest BCUT2D eigenvalue weighted by Crippen LogP contribution is 2.24. The molecule has 0 aliphatic carbocycles. The van der Waals surface area contributed by atoms with Gasteiger partial charge in [-0.15, -0.1) is 0 Å². The number of benzene rings is 2. The normalized spacial score (nSPS) is 12.1. The Morgan fingerprint density at radius 2 is 1.82 bits per heavy atom. The van der Waals surface area contributed by atoms with Gasteiger partial charge >= 0.3 is 0 Å². The average Bonchev–Trinajstić information content (AvgIpc) is 3.13. The summed E-state index contributed by atoms with van der Waals surface area (Å²) in [7, 11) is 0. The molecule has 0 spiro atoms. The van der Waals surface area contributed by atoms with E-state index in [1.165, 1.54) is 5.56 Å². The fourth-order valence-corrected chi connectivity index (χ4v) is 3.43. The number of aryl methyl sites for hydroxylation is 1. The fourth-order valence-electron chi connectivity index (χ4n) is 3.43. The lowest BCUT2D eigenvalue weighted by Gasteiger charge is -2.15. The van der Waals surface area contributed by atoms with Crippen LogP contribution in [0.1, 0.15) is 30.4 Å². The van der Waals surface area contributed by atoms with Crippen LogP contribution in [0.2, 0.25) is 0 Å². The zero-order valence-corrected chi connectivity index (χ0v) is 16.1. The van der Waals surface area contributed by atoms with Crippen LogP contribution in [0, 0.1) is 6.92 Å². The van der Waals surface area contributed by atoms with E-state index in [1.807, 2.05) is 78.3 Å². The van der Waals surface area contributed by atoms with Gasteiger partial charge in [0.1, 0.15) is 5.65 Å². The Bertz CT molecular complexity index is 1100. The number of rotatable bonds is 5. The average molecular weight is 369 g/mol. The van der Waals surface area contributed by atoms with Crippen LogP contribution in [0.25, 0.3) is 16.9 Å². The number of anilines is 1. The van der Waals surface area contributed by atoms with Gasteiger partial charge < -0.3 is 9.72 Å². The summed E-state index contributed by atoms with van der Waals surface area (Å²) >= 11 is 0. The topological polar surface area (TPSA) is 46.4 Å². The van der Waals surface area contributed by atoms with Crippen LogP contribution in [0.5, 0.6) is 0 Å². The Morgan fingerprint density at radius 1 is 1.07 bits per heavy atom. The summed E-state index contributed by atoms with van der Waals surface area (Å²) in [6, 6.07) is 21.9. The molecule has 0 aliphatic heterocycles. The summed E-state index contributed by atoms with van der Waals surface area (Å²) in [5.41, 5.74) is 5.89. The van der Waals surface area contributed by atoms with Gasteiger partial charge in [0.15, 0.2) is 0 Å². The van der Waals surface area contributed by atoms with Gasteiger partial charge in [0.05, 0.1) is 11.6 Å². The van der Waals surface area contributed by atoms with E-state index in [0.29, 0.717) is 0 Å². The molecule has 4 heteroatoms. The molecule has 28 heavy (non-hydrogen) atoms. The third-order valence-corrected chi connectivity index (χ3v) is 4.99. The molecule has 1 N–H and O–H groups in total. The summed E-state index contributed by atoms with van der Waals surface area (Å²) < 4.78 is 2.02. The number of pyridine rings is 1. The molecule has 0 bridgehead atoms. The van der Waals surface area contributed by atoms with Gasteiger partial charge in [0.25, 0.3) is 0 Å². The van der Waals surface area contributed by atoms with Gasteiger partial charge in [-0.05, 0) is 48.7 Å². The largest absolute Gasteiger partial charge is 0.326 e. The fraction of sp³-hybridized carbons (Fsp3) is 0.167. The Balaban J connectivity index is 1.51. The first-order valence-electron chi connectivity index (χ1n) is 9.55. The van der Waals surface area contributed by atoms with Gasteiger partial charge in [-0.3, -0.25) is 4.79 Å². The molecule has 4 nitrogen and oxygen atoms in total. The van der Waals surface area contributed by atoms with Crippen molar-refractivity contribution >= 4 is 17.2 Å². The maximum atomic E-state index is 12.7. The zero-order valence-electron chi connectivity index (χ0n) is 16.1. The van der Waals surface area contributed by atoms with Crippen LogP contribution < -0.4 is 5.32 Å². The second kappa shape index (κ2) is 7.69. The van der Waals surface area contributed by atoms with Crippen LogP contribution in [-0.4, -0.2) is 15.3 Å². The highest BCUT2D eigenvalue weighted by Gasteiger charge is 2.18. The standard InChI is InChI=1S/C24H23N3O/c1-3-21(18-7-5-4-6-8-18)24(28)25-20-11-9-19(10-12-20)22-16-27-14-13-17(2)15-23(27)26-22/h4-16,21H,3H2,1-2H3,(H,25,28). The van der Waals surface area contributed by atoms with Crippen LogP contribution in [0.3, 0.4) is 0 Å². The molecule has 1 amide bonds. The predicted molar refractivity (Wildman–Crippen MR) is 113 cm³/mol. The lowest BCUT2D eigenvalue weighted by atomic mass is 9.95. The third-order valence-electron chi connectivity index (χ3n) is 4.99. The number of hydrogen-bond donors (Lipinski definition) is 1. The van der Waals surface area contributed by atoms with Crippen LogP contribution in [-0.2, 0) is 4.79 Å². The number of fused-ring (bicyclic) bond motifs is 1. The van der Waals surface area contributed by atoms with Crippen molar-refractivity contribution in [3.63, 3.8) is 0 Å². The van der Waals surface area contributed by atoms with Gasteiger partial charge in [-0.25, -0.2) is 4.98 Å². The molecule has 2 aromatic carbocycles. The second-order valence-corrected chi connectivity index (χ2v) is 7.03. The second-order valence-electron chi connectivity index (χ2n) is 7.03. The monoisotopic (exact) mass is 369 g/mol. The summed E-state index contributed by atoms with van der Waals surface area (Å²) in [5, 5.41) is 3.04. The Labute approximate surface area is 164 Å². The first-order chi connectivity index (χ1) is 13.6. The maximum absolute atomic E-state index is 12.7. The molecule has 1 atom stereocenters. The SMILES string of the molecule is CCC(C(=O)Nc1ccc(-c2cn3ccc(C)cc3n2)cc1)c1ccccc1. The third kappa shape index (κ3) is 3.67. The van der Waals surface area contributed by atoms with Crippen molar-refractivity contribution in [2.75, 3.05) is 5.32 Å². The molecule has 0 saturated carbocycles. The summed E-state index contributed by atoms with van der Waals surface area (Å²) in [4.78, 5) is 17.4. The number of aromatic nitrogens is 2. The van der Waals surface area contributed by atoms with E-state index in [-0.39, 0.29) is 11.8 Å². The Hall–Kier alpha value is -3.40. The molecule has 0 aliphatic rings. The molecule has 4 rings (SSSR count). The molecular formula is C24H23N3O. The molecule has 0 fully saturated rings. The number of nitrogens with one attached hydrogen (secondary N) is 1. The number of hydrogen-bond acceptors (Lipinski definition) is 2. The van der Waals surface area contributed by atoms with Crippen molar-refractivity contribution in [3.8, 4) is 11.3 Å². The number of nitrogens with zero attached hydrogens (tertiary/aromatic N) is 2. The highest BCUT2D eigenvalue weighted by molar-refractivity contribution is 5.96. The number of carbonyl (C=O) groups excluding carboxylic acids is 1. The van der Waals surface area contributed by atoms with Gasteiger partial charge in [-0.1, -0.05) is 49.4 Å². The minimum atomic E-state index is -0.150. The molecule has 0 radical (unpaired) electrons. The van der Waals surface area contributed by atoms with Crippen LogP contribution in [0.15, 0.2) is 79.1 Å². The van der Waals surface area contributed by atoms with Crippen molar-refractivity contribution < 1.29 is 4.79 Å². The summed E-state index contributed by atoms with van der Waals surface area (Å²) in [6.07, 6.45) is 4.80. The van der Waals surface area contributed by atoms with E-state index in [2.05, 4.69) is 24.4 Å². The van der Waals surface area contributed by atoms with E-state index in [0.717, 1.165) is 34.6 Å². The van der Waals surface area contributed by atoms with E-state index < -0.39 is 0 Å². The predicted octanol–water partition coefficient (Wildman–Crippen LogP) is 5.44. The van der Waals surface area contributed by atoms with E-state index >= 15 is 0 Å². The number of amides is 1. The highest BCUT2D eigenvalue weighted by atomic mass is 16.1. The van der Waals surface area contributed by atoms with Gasteiger partial charge in [0.2, 0.25) is 5.91 Å². The quantitative estimate of drug-likeness (QED) is 0.509. The molecule has 140 valence electrons. The molecule has 2 aromatic heterocycles. The van der Waals surface area contributed by atoms with Crippen molar-refractivity contribution in [2.45, 2.75) is 26.2 Å². The van der Waals surface area contributed by atoms with Crippen molar-refractivity contribution in [3.05, 3.63) is 90.3 Å². The van der Waals surface area contributed by atoms with Crippen LogP contribution in [0.4, 0.5) is 5.69 Å². The first-order valence-corrected chi connectivity index (χ1v) is 9.55. The van der Waals surface area contributed by atoms with Gasteiger partial charge in [0, 0.05) is 23.6 Å². The van der Waals surface area contributed by atoms with E-state index in [4.69, 9.17) is 4.98 Å². The van der Waals surface area contributed by atoms with E-state index in [9.17, 15) is 4.79 Å². The molecule has 0 saturated heterocycles. The van der Waals surface area contributed by atoms with Gasteiger partial charge in [-0.2, -0.15) is 0 Å². The molecule has 4 aromatic rings. The van der Waals surface area contributed by atoms with Crippen molar-refractivity contribution in [2.24, 2.45) is 0 Å². The summed E-state index contributed by atoms with van der Waals surface area (Å²) in [6.45, 7) is 4.09. The summed E-state index contributed by atoms with van der Waals surface area (Å²) in [5.74, 6) is -0.132. The minimum absolute atomic E-state index is 0.0182. The number of carbonyl (C=O) groups is 1.